The van der Waals surface area contributed by atoms with Crippen LogP contribution in [0.15, 0.2) is 24.3 Å². The summed E-state index contributed by atoms with van der Waals surface area (Å²) in [7, 11) is -2.24. The van der Waals surface area contributed by atoms with Crippen LogP contribution >= 0.6 is 0 Å². The van der Waals surface area contributed by atoms with Crippen LogP contribution < -0.4 is 5.32 Å². The number of hydrogen-bond acceptors (Lipinski definition) is 5. The van der Waals surface area contributed by atoms with Crippen molar-refractivity contribution in [2.75, 3.05) is 18.7 Å². The van der Waals surface area contributed by atoms with Crippen LogP contribution in [0, 0.1) is 5.82 Å². The Morgan fingerprint density at radius 1 is 1.48 bits per heavy atom. The first-order valence-corrected chi connectivity index (χ1v) is 8.56. The summed E-state index contributed by atoms with van der Waals surface area (Å²) < 4.78 is 42.1. The van der Waals surface area contributed by atoms with E-state index in [9.17, 15) is 17.6 Å². The molecule has 1 aromatic carbocycles. The second-order valence-corrected chi connectivity index (χ2v) is 7.54. The Balaban J connectivity index is 2.45. The summed E-state index contributed by atoms with van der Waals surface area (Å²) in [5, 5.41) is 2.02. The Kier molecular flexibility index (Phi) is 4.22. The van der Waals surface area contributed by atoms with Crippen LogP contribution in [0.2, 0.25) is 0 Å². The van der Waals surface area contributed by atoms with Crippen LogP contribution in [-0.4, -0.2) is 38.5 Å². The van der Waals surface area contributed by atoms with Gasteiger partial charge in [-0.2, -0.15) is 0 Å². The number of methoxy groups -OCH3 is 1. The molecule has 1 N–H and O–H groups in total. The van der Waals surface area contributed by atoms with Gasteiger partial charge in [0.15, 0.2) is 15.4 Å². The fourth-order valence-electron chi connectivity index (χ4n) is 2.99. The van der Waals surface area contributed by atoms with E-state index in [1.807, 2.05) is 0 Å². The van der Waals surface area contributed by atoms with E-state index in [0.717, 1.165) is 6.26 Å². The predicted molar refractivity (Wildman–Crippen MR) is 77.3 cm³/mol. The maximum atomic E-state index is 13.3. The molecule has 0 radical (unpaired) electrons. The van der Waals surface area contributed by atoms with Crippen molar-refractivity contribution in [1.82, 2.24) is 0 Å². The minimum Gasteiger partial charge on any atom is -0.467 e. The number of nitrogens with one attached hydrogen (secondary N) is 1. The molecule has 1 aliphatic rings. The second-order valence-electron chi connectivity index (χ2n) is 5.31. The molecular weight excluding hydrogens is 297 g/mol. The number of ether oxygens (including phenoxy) is 1. The highest BCUT2D eigenvalue weighted by molar-refractivity contribution is 7.91. The summed E-state index contributed by atoms with van der Waals surface area (Å²) >= 11 is 0. The first kappa shape index (κ1) is 15.8. The van der Waals surface area contributed by atoms with E-state index in [0.29, 0.717) is 24.9 Å². The zero-order chi connectivity index (χ0) is 15.7. The molecule has 0 saturated heterocycles. The van der Waals surface area contributed by atoms with Gasteiger partial charge in [-0.15, -0.1) is 0 Å². The molecule has 1 aliphatic carbocycles. The van der Waals surface area contributed by atoms with E-state index < -0.39 is 32.4 Å². The SMILES string of the molecule is COC(=O)C1(Nc2cccc(F)c2)CCCC1S(C)(=O)=O. The van der Waals surface area contributed by atoms with Gasteiger partial charge < -0.3 is 10.1 Å². The van der Waals surface area contributed by atoms with Crippen molar-refractivity contribution in [1.29, 1.82) is 0 Å². The normalized spacial score (nSPS) is 25.6. The molecule has 0 aliphatic heterocycles. The van der Waals surface area contributed by atoms with Crippen LogP contribution in [0.25, 0.3) is 0 Å². The molecule has 2 rings (SSSR count). The molecule has 1 aromatic rings. The maximum Gasteiger partial charge on any atom is 0.332 e. The smallest absolute Gasteiger partial charge is 0.332 e. The summed E-state index contributed by atoms with van der Waals surface area (Å²) in [5.74, 6) is -1.10. The topological polar surface area (TPSA) is 72.5 Å². The van der Waals surface area contributed by atoms with E-state index in [-0.39, 0.29) is 0 Å². The quantitative estimate of drug-likeness (QED) is 0.857. The highest BCUT2D eigenvalue weighted by Gasteiger charge is 2.54. The van der Waals surface area contributed by atoms with Crippen molar-refractivity contribution < 1.29 is 22.3 Å². The largest absolute Gasteiger partial charge is 0.467 e. The molecule has 0 spiro atoms. The van der Waals surface area contributed by atoms with Crippen LogP contribution in [0.5, 0.6) is 0 Å². The second kappa shape index (κ2) is 5.63. The van der Waals surface area contributed by atoms with E-state index in [2.05, 4.69) is 5.32 Å². The van der Waals surface area contributed by atoms with Gasteiger partial charge in [-0.1, -0.05) is 6.07 Å². The van der Waals surface area contributed by atoms with Crippen LogP contribution in [0.4, 0.5) is 10.1 Å². The fourth-order valence-corrected chi connectivity index (χ4v) is 4.59. The van der Waals surface area contributed by atoms with Gasteiger partial charge in [-0.05, 0) is 37.5 Å². The van der Waals surface area contributed by atoms with Crippen LogP contribution in [-0.2, 0) is 19.4 Å². The van der Waals surface area contributed by atoms with Crippen molar-refractivity contribution in [2.24, 2.45) is 0 Å². The summed E-state index contributed by atoms with van der Waals surface area (Å²) in [6.07, 6.45) is 2.38. The number of anilines is 1. The van der Waals surface area contributed by atoms with Crippen LogP contribution in [0.3, 0.4) is 0 Å². The number of carbonyl (C=O) groups excluding carboxylic acids is 1. The standard InChI is InChI=1S/C14H18FNO4S/c1-20-13(17)14(8-4-7-12(14)21(2,18)19)16-11-6-3-5-10(15)9-11/h3,5-6,9,12,16H,4,7-8H2,1-2H3. The molecule has 2 atom stereocenters. The molecular formula is C14H18FNO4S. The van der Waals surface area contributed by atoms with Crippen molar-refractivity contribution in [3.8, 4) is 0 Å². The molecule has 5 nitrogen and oxygen atoms in total. The Morgan fingerprint density at radius 3 is 2.76 bits per heavy atom. The number of rotatable bonds is 4. The third-order valence-electron chi connectivity index (χ3n) is 3.85. The summed E-state index contributed by atoms with van der Waals surface area (Å²) in [5.41, 5.74) is -1.01. The lowest BCUT2D eigenvalue weighted by molar-refractivity contribution is -0.145. The highest BCUT2D eigenvalue weighted by Crippen LogP contribution is 2.38. The molecule has 0 amide bonds. The van der Waals surface area contributed by atoms with Gasteiger partial charge in [0.2, 0.25) is 0 Å². The van der Waals surface area contributed by atoms with Gasteiger partial charge in [0.1, 0.15) is 5.82 Å². The number of carbonyl (C=O) groups is 1. The Labute approximate surface area is 123 Å². The number of sulfone groups is 1. The van der Waals surface area contributed by atoms with Gasteiger partial charge in [0.25, 0.3) is 0 Å². The molecule has 7 heteroatoms. The lowest BCUT2D eigenvalue weighted by atomic mass is 9.96. The minimum absolute atomic E-state index is 0.327. The van der Waals surface area contributed by atoms with Gasteiger partial charge in [0.05, 0.1) is 12.4 Å². The molecule has 0 heterocycles. The number of hydrogen-bond donors (Lipinski definition) is 1. The van der Waals surface area contributed by atoms with Crippen molar-refractivity contribution in [3.05, 3.63) is 30.1 Å². The first-order chi connectivity index (χ1) is 9.79. The summed E-state index contributed by atoms with van der Waals surface area (Å²) in [6, 6.07) is 5.58. The summed E-state index contributed by atoms with van der Waals surface area (Å²) in [4.78, 5) is 12.2. The molecule has 0 aromatic heterocycles. The highest BCUT2D eigenvalue weighted by atomic mass is 32.2. The third-order valence-corrected chi connectivity index (χ3v) is 5.52. The zero-order valence-corrected chi connectivity index (χ0v) is 12.7. The lowest BCUT2D eigenvalue weighted by Crippen LogP contribution is -2.55. The Morgan fingerprint density at radius 2 is 2.19 bits per heavy atom. The monoisotopic (exact) mass is 315 g/mol. The fraction of sp³-hybridized carbons (Fsp3) is 0.500. The zero-order valence-electron chi connectivity index (χ0n) is 11.9. The average Bonchev–Trinajstić information content (AvgIpc) is 2.82. The molecule has 1 saturated carbocycles. The minimum atomic E-state index is -3.45. The molecule has 116 valence electrons. The predicted octanol–water partition coefficient (Wildman–Crippen LogP) is 1.75. The van der Waals surface area contributed by atoms with Gasteiger partial charge in [-0.25, -0.2) is 17.6 Å². The molecule has 0 bridgehead atoms. The Bertz CT molecular complexity index is 646. The van der Waals surface area contributed by atoms with Crippen molar-refractivity contribution >= 4 is 21.5 Å². The maximum absolute atomic E-state index is 13.3. The van der Waals surface area contributed by atoms with Gasteiger partial charge in [-0.3, -0.25) is 0 Å². The number of esters is 1. The molecule has 21 heavy (non-hydrogen) atoms. The van der Waals surface area contributed by atoms with E-state index >= 15 is 0 Å². The lowest BCUT2D eigenvalue weighted by Gasteiger charge is -2.33. The Hall–Kier alpha value is -1.63. The molecule has 2 unspecified atom stereocenters. The third kappa shape index (κ3) is 3.02. The van der Waals surface area contributed by atoms with Crippen molar-refractivity contribution in [3.63, 3.8) is 0 Å². The molecule has 1 fully saturated rings. The van der Waals surface area contributed by atoms with Crippen molar-refractivity contribution in [2.45, 2.75) is 30.1 Å². The van der Waals surface area contributed by atoms with Crippen LogP contribution in [0.1, 0.15) is 19.3 Å². The van der Waals surface area contributed by atoms with E-state index in [1.54, 1.807) is 6.07 Å². The summed E-state index contributed by atoms with van der Waals surface area (Å²) in [6.45, 7) is 0. The first-order valence-electron chi connectivity index (χ1n) is 6.60. The van der Waals surface area contributed by atoms with Gasteiger partial charge >= 0.3 is 5.97 Å². The van der Waals surface area contributed by atoms with Gasteiger partial charge in [0, 0.05) is 11.9 Å². The number of halogens is 1. The van der Waals surface area contributed by atoms with E-state index in [1.165, 1.54) is 25.3 Å². The van der Waals surface area contributed by atoms with E-state index in [4.69, 9.17) is 4.74 Å². The number of benzene rings is 1. The average molecular weight is 315 g/mol.